The molecule has 0 saturated carbocycles. The lowest BCUT2D eigenvalue weighted by molar-refractivity contribution is -0.376. The van der Waals surface area contributed by atoms with Crippen molar-refractivity contribution in [3.05, 3.63) is 57.7 Å². The molecule has 0 N–H and O–H groups in total. The predicted molar refractivity (Wildman–Crippen MR) is 119 cm³/mol. The standard InChI is InChI=1S/C26H26F8O5/c1-35-23-19(31)15(27)13(16(28)20(23)32)11-25(7-3-5-9-37-25)39-26(8-4-6-10-38-26)12-14-17(29)21(33)24(36-2)22(34)18(14)30/h3-12H2,1-2H3. The van der Waals surface area contributed by atoms with Crippen LogP contribution >= 0.6 is 0 Å². The van der Waals surface area contributed by atoms with Gasteiger partial charge in [-0.3, -0.25) is 0 Å². The maximum atomic E-state index is 14.9. The topological polar surface area (TPSA) is 46.2 Å². The second-order valence-corrected chi connectivity index (χ2v) is 9.42. The van der Waals surface area contributed by atoms with Gasteiger partial charge in [-0.25, -0.2) is 17.6 Å². The van der Waals surface area contributed by atoms with Crippen LogP contribution in [-0.2, 0) is 27.1 Å². The average molecular weight is 570 g/mol. The van der Waals surface area contributed by atoms with Crippen molar-refractivity contribution in [3.8, 4) is 11.5 Å². The van der Waals surface area contributed by atoms with Gasteiger partial charge in [-0.2, -0.15) is 17.6 Å². The van der Waals surface area contributed by atoms with Crippen molar-refractivity contribution >= 4 is 0 Å². The Bertz CT molecular complexity index is 1070. The first-order chi connectivity index (χ1) is 18.5. The number of hydrogen-bond donors (Lipinski definition) is 0. The molecule has 39 heavy (non-hydrogen) atoms. The molecule has 0 amide bonds. The van der Waals surface area contributed by atoms with Crippen LogP contribution in [0.15, 0.2) is 0 Å². The first kappa shape index (κ1) is 29.3. The van der Waals surface area contributed by atoms with Crippen LogP contribution in [0.1, 0.15) is 49.7 Å². The average Bonchev–Trinajstić information content (AvgIpc) is 2.93. The molecular formula is C26H26F8O5. The molecule has 0 spiro atoms. The third-order valence-corrected chi connectivity index (χ3v) is 6.93. The molecule has 0 radical (unpaired) electrons. The minimum absolute atomic E-state index is 0.00888. The Labute approximate surface area is 218 Å². The largest absolute Gasteiger partial charge is 0.491 e. The van der Waals surface area contributed by atoms with E-state index in [1.807, 2.05) is 0 Å². The molecule has 2 aromatic carbocycles. The van der Waals surface area contributed by atoms with Gasteiger partial charge >= 0.3 is 0 Å². The molecule has 0 aromatic heterocycles. The quantitative estimate of drug-likeness (QED) is 0.271. The summed E-state index contributed by atoms with van der Waals surface area (Å²) in [5, 5.41) is 0. The molecule has 2 aromatic rings. The highest BCUT2D eigenvalue weighted by Crippen LogP contribution is 2.43. The summed E-state index contributed by atoms with van der Waals surface area (Å²) >= 11 is 0. The van der Waals surface area contributed by atoms with Gasteiger partial charge in [0.25, 0.3) is 0 Å². The number of ether oxygens (including phenoxy) is 5. The summed E-state index contributed by atoms with van der Waals surface area (Å²) in [7, 11) is 1.67. The Morgan fingerprint density at radius 3 is 1.13 bits per heavy atom. The molecule has 2 atom stereocenters. The van der Waals surface area contributed by atoms with Crippen LogP contribution in [0.3, 0.4) is 0 Å². The summed E-state index contributed by atoms with van der Waals surface area (Å²) in [4.78, 5) is 0. The Balaban J connectivity index is 1.78. The summed E-state index contributed by atoms with van der Waals surface area (Å²) in [5.74, 6) is -20.5. The normalized spacial score (nSPS) is 23.6. The molecule has 2 aliphatic heterocycles. The first-order valence-corrected chi connectivity index (χ1v) is 12.3. The fourth-order valence-electron chi connectivity index (χ4n) is 5.03. The summed E-state index contributed by atoms with van der Waals surface area (Å²) < 4.78 is 144. The van der Waals surface area contributed by atoms with Gasteiger partial charge in [0.05, 0.1) is 27.4 Å². The van der Waals surface area contributed by atoms with Crippen LogP contribution in [0.25, 0.3) is 0 Å². The summed E-state index contributed by atoms with van der Waals surface area (Å²) in [6.07, 6.45) is -0.0380. The fraction of sp³-hybridized carbons (Fsp3) is 0.538. The monoisotopic (exact) mass is 570 g/mol. The van der Waals surface area contributed by atoms with Crippen LogP contribution < -0.4 is 9.47 Å². The zero-order chi connectivity index (χ0) is 28.5. The molecule has 0 bridgehead atoms. The Kier molecular flexibility index (Phi) is 8.62. The van der Waals surface area contributed by atoms with Crippen molar-refractivity contribution in [1.29, 1.82) is 0 Å². The molecule has 2 aliphatic rings. The van der Waals surface area contributed by atoms with Crippen LogP contribution in [-0.4, -0.2) is 39.0 Å². The Morgan fingerprint density at radius 2 is 0.872 bits per heavy atom. The van der Waals surface area contributed by atoms with Gasteiger partial charge < -0.3 is 23.7 Å². The minimum Gasteiger partial charge on any atom is -0.491 e. The lowest BCUT2D eigenvalue weighted by Gasteiger charge is -2.47. The minimum atomic E-state index is -1.97. The van der Waals surface area contributed by atoms with Gasteiger partial charge in [-0.1, -0.05) is 0 Å². The number of benzene rings is 2. The maximum absolute atomic E-state index is 14.9. The van der Waals surface area contributed by atoms with Crippen molar-refractivity contribution in [2.24, 2.45) is 0 Å². The van der Waals surface area contributed by atoms with Crippen LogP contribution in [0.5, 0.6) is 11.5 Å². The van der Waals surface area contributed by atoms with Crippen molar-refractivity contribution in [2.75, 3.05) is 27.4 Å². The van der Waals surface area contributed by atoms with E-state index < -0.39 is 93.6 Å². The smallest absolute Gasteiger partial charge is 0.204 e. The van der Waals surface area contributed by atoms with E-state index in [-0.39, 0.29) is 26.1 Å². The van der Waals surface area contributed by atoms with Gasteiger partial charge in [0.2, 0.25) is 23.3 Å². The van der Waals surface area contributed by atoms with E-state index in [9.17, 15) is 35.1 Å². The lowest BCUT2D eigenvalue weighted by atomic mass is 9.92. The highest BCUT2D eigenvalue weighted by atomic mass is 19.2. The van der Waals surface area contributed by atoms with E-state index in [1.165, 1.54) is 0 Å². The van der Waals surface area contributed by atoms with Gasteiger partial charge in [-0.15, -0.1) is 0 Å². The fourth-order valence-corrected chi connectivity index (χ4v) is 5.03. The molecule has 0 aliphatic carbocycles. The van der Waals surface area contributed by atoms with Gasteiger partial charge in [0.1, 0.15) is 0 Å². The zero-order valence-electron chi connectivity index (χ0n) is 21.1. The van der Waals surface area contributed by atoms with Crippen molar-refractivity contribution in [1.82, 2.24) is 0 Å². The van der Waals surface area contributed by atoms with Gasteiger partial charge in [0, 0.05) is 36.8 Å². The van der Waals surface area contributed by atoms with E-state index in [1.54, 1.807) is 0 Å². The zero-order valence-corrected chi connectivity index (χ0v) is 21.1. The highest BCUT2D eigenvalue weighted by molar-refractivity contribution is 5.36. The van der Waals surface area contributed by atoms with Gasteiger partial charge in [0.15, 0.2) is 46.3 Å². The van der Waals surface area contributed by atoms with Crippen molar-refractivity contribution in [2.45, 2.75) is 62.9 Å². The van der Waals surface area contributed by atoms with Gasteiger partial charge in [-0.05, 0) is 25.7 Å². The molecule has 5 nitrogen and oxygen atoms in total. The summed E-state index contributed by atoms with van der Waals surface area (Å²) in [6.45, 7) is 0.0178. The predicted octanol–water partition coefficient (Wildman–Crippen LogP) is 6.41. The van der Waals surface area contributed by atoms with E-state index in [0.717, 1.165) is 14.2 Å². The van der Waals surface area contributed by atoms with E-state index >= 15 is 0 Å². The number of methoxy groups -OCH3 is 2. The second kappa shape index (κ2) is 11.5. The molecule has 2 heterocycles. The molecule has 2 saturated heterocycles. The van der Waals surface area contributed by atoms with Crippen molar-refractivity contribution < 1.29 is 58.8 Å². The molecule has 13 heteroatoms. The molecular weight excluding hydrogens is 544 g/mol. The number of halogens is 8. The number of hydrogen-bond acceptors (Lipinski definition) is 5. The molecule has 216 valence electrons. The SMILES string of the molecule is COc1c(F)c(F)c(CC2(OC3(Cc4c(F)c(F)c(OC)c(F)c4F)CCCCO3)CCCCO2)c(F)c1F. The Morgan fingerprint density at radius 1 is 0.538 bits per heavy atom. The van der Waals surface area contributed by atoms with Crippen LogP contribution in [0.2, 0.25) is 0 Å². The van der Waals surface area contributed by atoms with Crippen LogP contribution in [0.4, 0.5) is 35.1 Å². The molecule has 2 fully saturated rings. The molecule has 4 rings (SSSR count). The third kappa shape index (κ3) is 5.40. The van der Waals surface area contributed by atoms with Crippen molar-refractivity contribution in [3.63, 3.8) is 0 Å². The lowest BCUT2D eigenvalue weighted by Crippen LogP contribution is -2.53. The maximum Gasteiger partial charge on any atom is 0.204 e. The highest BCUT2D eigenvalue weighted by Gasteiger charge is 2.48. The van der Waals surface area contributed by atoms with Crippen LogP contribution in [0, 0.1) is 46.5 Å². The summed E-state index contributed by atoms with van der Waals surface area (Å²) in [5.41, 5.74) is -2.09. The Hall–Kier alpha value is -2.64. The summed E-state index contributed by atoms with van der Waals surface area (Å²) in [6, 6.07) is 0. The number of rotatable bonds is 8. The molecule has 2 unspecified atom stereocenters. The van der Waals surface area contributed by atoms with E-state index in [2.05, 4.69) is 9.47 Å². The van der Waals surface area contributed by atoms with E-state index in [0.29, 0.717) is 25.7 Å². The first-order valence-electron chi connectivity index (χ1n) is 12.3. The third-order valence-electron chi connectivity index (χ3n) is 6.93. The van der Waals surface area contributed by atoms with E-state index in [4.69, 9.17) is 14.2 Å². The second-order valence-electron chi connectivity index (χ2n) is 9.42.